The molecule has 0 unspecified atom stereocenters. The lowest BCUT2D eigenvalue weighted by molar-refractivity contribution is 0.414. The number of nitrogens with zero attached hydrogens (tertiary/aromatic N) is 2. The molecule has 0 bridgehead atoms. The zero-order chi connectivity index (χ0) is 11.6. The number of nitriles is 1. The van der Waals surface area contributed by atoms with E-state index in [4.69, 9.17) is 9.78 Å². The van der Waals surface area contributed by atoms with Crippen molar-refractivity contribution in [3.05, 3.63) is 29.9 Å². The number of nitrogens with one attached hydrogen (secondary N) is 2. The first-order valence-corrected chi connectivity index (χ1v) is 6.00. The van der Waals surface area contributed by atoms with Gasteiger partial charge in [0, 0.05) is 31.2 Å². The average Bonchev–Trinajstić information content (AvgIpc) is 2.80. The molecule has 0 aromatic carbocycles. The number of thioether (sulfide) groups is 1. The van der Waals surface area contributed by atoms with Crippen molar-refractivity contribution >= 4 is 11.8 Å². The van der Waals surface area contributed by atoms with E-state index < -0.39 is 0 Å². The molecule has 0 spiro atoms. The van der Waals surface area contributed by atoms with Gasteiger partial charge in [-0.15, -0.1) is 0 Å². The summed E-state index contributed by atoms with van der Waals surface area (Å²) in [6, 6.07) is 3.82. The minimum atomic E-state index is 0.740. The molecular formula is C10H14N4OS. The average molecular weight is 238 g/mol. The van der Waals surface area contributed by atoms with E-state index in [-0.39, 0.29) is 0 Å². The maximum absolute atomic E-state index is 8.47. The van der Waals surface area contributed by atoms with E-state index in [1.807, 2.05) is 12.1 Å². The van der Waals surface area contributed by atoms with Crippen LogP contribution >= 0.6 is 11.8 Å². The van der Waals surface area contributed by atoms with Crippen molar-refractivity contribution in [2.45, 2.75) is 5.75 Å². The van der Waals surface area contributed by atoms with Crippen molar-refractivity contribution in [2.24, 2.45) is 0 Å². The van der Waals surface area contributed by atoms with E-state index in [0.29, 0.717) is 0 Å². The Kier molecular flexibility index (Phi) is 5.96. The second-order valence-electron chi connectivity index (χ2n) is 2.91. The van der Waals surface area contributed by atoms with Crippen molar-refractivity contribution in [3.63, 3.8) is 0 Å². The predicted molar refractivity (Wildman–Crippen MR) is 63.4 cm³/mol. The number of allylic oxidation sites excluding steroid dienone is 1. The smallest absolute Gasteiger partial charge is 0.124 e. The summed E-state index contributed by atoms with van der Waals surface area (Å²) in [5.74, 6) is 2.52. The van der Waals surface area contributed by atoms with Crippen LogP contribution in [-0.2, 0) is 5.75 Å². The van der Waals surface area contributed by atoms with E-state index >= 15 is 0 Å². The summed E-state index contributed by atoms with van der Waals surface area (Å²) in [6.07, 6.45) is 3.02. The summed E-state index contributed by atoms with van der Waals surface area (Å²) in [4.78, 5) is 0. The van der Waals surface area contributed by atoms with Crippen molar-refractivity contribution in [1.29, 1.82) is 5.26 Å². The highest BCUT2D eigenvalue weighted by molar-refractivity contribution is 7.98. The highest BCUT2D eigenvalue weighted by Crippen LogP contribution is 2.08. The molecule has 0 amide bonds. The first-order chi connectivity index (χ1) is 7.86. The molecule has 5 nitrogen and oxygen atoms in total. The summed E-state index contributed by atoms with van der Waals surface area (Å²) in [5.41, 5.74) is 0.950. The zero-order valence-corrected chi connectivity index (χ0v) is 9.88. The van der Waals surface area contributed by atoms with Gasteiger partial charge in [-0.1, -0.05) is 5.16 Å². The fraction of sp³-hybridized carbons (Fsp3) is 0.400. The number of aromatic nitrogens is 1. The third kappa shape index (κ3) is 4.75. The molecule has 0 saturated heterocycles. The van der Waals surface area contributed by atoms with Crippen LogP contribution < -0.4 is 10.6 Å². The summed E-state index contributed by atoms with van der Waals surface area (Å²) >= 11 is 1.76. The van der Waals surface area contributed by atoms with Crippen molar-refractivity contribution in [1.82, 2.24) is 15.8 Å². The van der Waals surface area contributed by atoms with E-state index in [1.165, 1.54) is 6.08 Å². The molecule has 2 N–H and O–H groups in total. The molecule has 0 aliphatic rings. The molecule has 1 aromatic heterocycles. The fourth-order valence-electron chi connectivity index (χ4n) is 1.02. The van der Waals surface area contributed by atoms with Crippen molar-refractivity contribution < 1.29 is 4.52 Å². The van der Waals surface area contributed by atoms with Crippen LogP contribution in [0.3, 0.4) is 0 Å². The molecule has 0 fully saturated rings. The molecule has 0 saturated carbocycles. The molecule has 0 radical (unpaired) electrons. The quantitative estimate of drug-likeness (QED) is 0.547. The van der Waals surface area contributed by atoms with Gasteiger partial charge in [-0.05, 0) is 0 Å². The Balaban J connectivity index is 2.08. The summed E-state index contributed by atoms with van der Waals surface area (Å²) in [6.45, 7) is 0.802. The van der Waals surface area contributed by atoms with Gasteiger partial charge in [0.1, 0.15) is 12.1 Å². The number of hydrogen-bond donors (Lipinski definition) is 2. The van der Waals surface area contributed by atoms with Gasteiger partial charge in [-0.25, -0.2) is 0 Å². The van der Waals surface area contributed by atoms with E-state index in [1.54, 1.807) is 25.1 Å². The maximum Gasteiger partial charge on any atom is 0.124 e. The minimum Gasteiger partial charge on any atom is -0.374 e. The van der Waals surface area contributed by atoms with Crippen LogP contribution in [0.2, 0.25) is 0 Å². The van der Waals surface area contributed by atoms with Gasteiger partial charge >= 0.3 is 0 Å². The molecule has 6 heteroatoms. The Labute approximate surface area is 98.9 Å². The van der Waals surface area contributed by atoms with Crippen LogP contribution in [0.1, 0.15) is 5.69 Å². The molecule has 0 aliphatic heterocycles. The third-order valence-electron chi connectivity index (χ3n) is 1.78. The molecule has 0 atom stereocenters. The van der Waals surface area contributed by atoms with Gasteiger partial charge in [-0.2, -0.15) is 17.0 Å². The zero-order valence-electron chi connectivity index (χ0n) is 9.06. The number of rotatable bonds is 7. The Bertz CT molecular complexity index is 355. The largest absolute Gasteiger partial charge is 0.374 e. The SMILES string of the molecule is CN/C(=C/C#N)NCCSCc1ccon1. The van der Waals surface area contributed by atoms with Crippen molar-refractivity contribution in [3.8, 4) is 6.07 Å². The second-order valence-corrected chi connectivity index (χ2v) is 4.01. The fourth-order valence-corrected chi connectivity index (χ4v) is 1.77. The van der Waals surface area contributed by atoms with Gasteiger partial charge in [-0.3, -0.25) is 0 Å². The molecular weight excluding hydrogens is 224 g/mol. The summed E-state index contributed by atoms with van der Waals surface area (Å²) < 4.78 is 4.72. The standard InChI is InChI=1S/C10H14N4OS/c1-12-10(2-4-11)13-5-7-16-8-9-3-6-15-14-9/h2-3,6,12-13H,5,7-8H2,1H3/b10-2-. The van der Waals surface area contributed by atoms with E-state index in [2.05, 4.69) is 15.8 Å². The summed E-state index contributed by atoms with van der Waals surface area (Å²) in [7, 11) is 1.78. The van der Waals surface area contributed by atoms with Gasteiger partial charge in [0.05, 0.1) is 17.8 Å². The molecule has 1 aromatic rings. The first-order valence-electron chi connectivity index (χ1n) is 4.85. The lowest BCUT2D eigenvalue weighted by atomic mass is 10.5. The predicted octanol–water partition coefficient (Wildman–Crippen LogP) is 1.08. The van der Waals surface area contributed by atoms with Crippen molar-refractivity contribution in [2.75, 3.05) is 19.3 Å². The maximum atomic E-state index is 8.47. The first kappa shape index (κ1) is 12.5. The topological polar surface area (TPSA) is 73.9 Å². The van der Waals surface area contributed by atoms with Crippen LogP contribution in [-0.4, -0.2) is 24.5 Å². The van der Waals surface area contributed by atoms with Crippen LogP contribution in [0.15, 0.2) is 28.7 Å². The van der Waals surface area contributed by atoms with Gasteiger partial charge < -0.3 is 15.2 Å². The molecule has 1 heterocycles. The monoisotopic (exact) mass is 238 g/mol. The van der Waals surface area contributed by atoms with Crippen LogP contribution in [0.5, 0.6) is 0 Å². The summed E-state index contributed by atoms with van der Waals surface area (Å²) in [5, 5.41) is 18.3. The molecule has 16 heavy (non-hydrogen) atoms. The van der Waals surface area contributed by atoms with Crippen LogP contribution in [0.4, 0.5) is 0 Å². The normalized spacial score (nSPS) is 10.9. The van der Waals surface area contributed by atoms with Gasteiger partial charge in [0.15, 0.2) is 0 Å². The van der Waals surface area contributed by atoms with E-state index in [0.717, 1.165) is 29.6 Å². The number of hydrogen-bond acceptors (Lipinski definition) is 6. The van der Waals surface area contributed by atoms with E-state index in [9.17, 15) is 0 Å². The highest BCUT2D eigenvalue weighted by Gasteiger charge is 1.97. The Hall–Kier alpha value is -1.61. The molecule has 1 rings (SSSR count). The second kappa shape index (κ2) is 7.65. The van der Waals surface area contributed by atoms with Crippen LogP contribution in [0.25, 0.3) is 0 Å². The molecule has 86 valence electrons. The Morgan fingerprint density at radius 1 is 1.75 bits per heavy atom. The third-order valence-corrected chi connectivity index (χ3v) is 2.77. The van der Waals surface area contributed by atoms with Crippen LogP contribution in [0, 0.1) is 11.3 Å². The Morgan fingerprint density at radius 3 is 3.25 bits per heavy atom. The highest BCUT2D eigenvalue weighted by atomic mass is 32.2. The van der Waals surface area contributed by atoms with Gasteiger partial charge in [0.2, 0.25) is 0 Å². The minimum absolute atomic E-state index is 0.740. The molecule has 0 aliphatic carbocycles. The van der Waals surface area contributed by atoms with Gasteiger partial charge in [0.25, 0.3) is 0 Å². The Morgan fingerprint density at radius 2 is 2.62 bits per heavy atom. The lowest BCUT2D eigenvalue weighted by Crippen LogP contribution is -2.25. The lowest BCUT2D eigenvalue weighted by Gasteiger charge is -2.08.